The van der Waals surface area contributed by atoms with Crippen molar-refractivity contribution in [2.75, 3.05) is 23.9 Å². The van der Waals surface area contributed by atoms with Crippen LogP contribution in [-0.2, 0) is 11.2 Å². The Balaban J connectivity index is 1.55. The molecule has 0 spiro atoms. The van der Waals surface area contributed by atoms with Gasteiger partial charge in [0.2, 0.25) is 5.91 Å². The number of rotatable bonds is 6. The molecule has 0 atom stereocenters. The molecule has 1 N–H and O–H groups in total. The van der Waals surface area contributed by atoms with E-state index in [0.717, 1.165) is 17.0 Å². The van der Waals surface area contributed by atoms with Crippen molar-refractivity contribution in [3.05, 3.63) is 59.7 Å². The van der Waals surface area contributed by atoms with Crippen molar-refractivity contribution in [3.8, 4) is 5.75 Å². The number of aryl methyl sites for hydroxylation is 1. The number of anilines is 1. The predicted octanol–water partition coefficient (Wildman–Crippen LogP) is 4.75. The van der Waals surface area contributed by atoms with Crippen LogP contribution in [0.2, 0.25) is 0 Å². The van der Waals surface area contributed by atoms with Gasteiger partial charge in [-0.25, -0.2) is 0 Å². The smallest absolute Gasteiger partial charge is 0.224 e. The van der Waals surface area contributed by atoms with E-state index in [-0.39, 0.29) is 5.91 Å². The van der Waals surface area contributed by atoms with E-state index in [2.05, 4.69) is 17.4 Å². The lowest BCUT2D eigenvalue weighted by Gasteiger charge is -2.11. The number of amides is 1. The first-order valence-electron chi connectivity index (χ1n) is 8.00. The molecule has 1 saturated heterocycles. The number of hydrogen-bond donors (Lipinski definition) is 1. The molecule has 1 aliphatic rings. The van der Waals surface area contributed by atoms with Crippen LogP contribution in [0.3, 0.4) is 0 Å². The van der Waals surface area contributed by atoms with Gasteiger partial charge in [0.1, 0.15) is 5.75 Å². The first kappa shape index (κ1) is 17.2. The zero-order chi connectivity index (χ0) is 16.8. The van der Waals surface area contributed by atoms with Crippen molar-refractivity contribution >= 4 is 35.1 Å². The van der Waals surface area contributed by atoms with Crippen molar-refractivity contribution in [2.24, 2.45) is 0 Å². The van der Waals surface area contributed by atoms with Gasteiger partial charge in [-0.05, 0) is 41.8 Å². The zero-order valence-corrected chi connectivity index (χ0v) is 15.3. The van der Waals surface area contributed by atoms with E-state index < -0.39 is 0 Å². The molecule has 2 aromatic rings. The van der Waals surface area contributed by atoms with E-state index in [1.54, 1.807) is 7.11 Å². The second-order valence-corrected chi connectivity index (χ2v) is 8.32. The molecule has 1 heterocycles. The highest BCUT2D eigenvalue weighted by Crippen LogP contribution is 2.45. The van der Waals surface area contributed by atoms with Crippen LogP contribution in [-0.4, -0.2) is 24.5 Å². The second kappa shape index (κ2) is 8.49. The molecule has 0 unspecified atom stereocenters. The summed E-state index contributed by atoms with van der Waals surface area (Å²) in [6.45, 7) is 0. The third-order valence-electron chi connectivity index (χ3n) is 3.84. The third-order valence-corrected chi connectivity index (χ3v) is 6.94. The van der Waals surface area contributed by atoms with Gasteiger partial charge in [-0.1, -0.05) is 24.3 Å². The SMILES string of the molecule is COc1cccc(CCC(=O)Nc2cccc(C3SCCS3)c2)c1. The Morgan fingerprint density at radius 3 is 2.75 bits per heavy atom. The molecule has 24 heavy (non-hydrogen) atoms. The zero-order valence-electron chi connectivity index (χ0n) is 13.7. The normalized spacial score (nSPS) is 14.5. The lowest BCUT2D eigenvalue weighted by molar-refractivity contribution is -0.116. The number of carbonyl (C=O) groups is 1. The molecule has 3 rings (SSSR count). The van der Waals surface area contributed by atoms with Crippen molar-refractivity contribution in [2.45, 2.75) is 17.4 Å². The Labute approximate surface area is 151 Å². The lowest BCUT2D eigenvalue weighted by Crippen LogP contribution is -2.12. The standard InChI is InChI=1S/C19H21NO2S2/c1-22-17-7-2-4-14(12-17)8-9-18(21)20-16-6-3-5-15(13-16)19-23-10-11-24-19/h2-7,12-13,19H,8-11H2,1H3,(H,20,21). The highest BCUT2D eigenvalue weighted by molar-refractivity contribution is 8.19. The Morgan fingerprint density at radius 2 is 1.96 bits per heavy atom. The molecule has 0 aliphatic carbocycles. The summed E-state index contributed by atoms with van der Waals surface area (Å²) in [5.41, 5.74) is 3.28. The summed E-state index contributed by atoms with van der Waals surface area (Å²) in [5, 5.41) is 3.02. The van der Waals surface area contributed by atoms with Crippen LogP contribution in [0.1, 0.15) is 22.1 Å². The maximum Gasteiger partial charge on any atom is 0.224 e. The van der Waals surface area contributed by atoms with Crippen LogP contribution in [0.4, 0.5) is 5.69 Å². The molecule has 0 radical (unpaired) electrons. The van der Waals surface area contributed by atoms with Gasteiger partial charge in [0.25, 0.3) is 0 Å². The molecule has 1 fully saturated rings. The summed E-state index contributed by atoms with van der Waals surface area (Å²) in [6, 6.07) is 16.1. The topological polar surface area (TPSA) is 38.3 Å². The molecular formula is C19H21NO2S2. The Hall–Kier alpha value is -1.59. The fourth-order valence-corrected chi connectivity index (χ4v) is 5.46. The average Bonchev–Trinajstić information content (AvgIpc) is 3.15. The molecule has 1 amide bonds. The van der Waals surface area contributed by atoms with E-state index in [9.17, 15) is 4.79 Å². The maximum absolute atomic E-state index is 12.2. The van der Waals surface area contributed by atoms with Gasteiger partial charge >= 0.3 is 0 Å². The van der Waals surface area contributed by atoms with E-state index in [1.165, 1.54) is 17.1 Å². The van der Waals surface area contributed by atoms with Crippen molar-refractivity contribution in [3.63, 3.8) is 0 Å². The molecule has 0 saturated carbocycles. The van der Waals surface area contributed by atoms with Crippen LogP contribution in [0.5, 0.6) is 5.75 Å². The molecule has 3 nitrogen and oxygen atoms in total. The fourth-order valence-electron chi connectivity index (χ4n) is 2.62. The van der Waals surface area contributed by atoms with Gasteiger partial charge in [0, 0.05) is 23.6 Å². The fraction of sp³-hybridized carbons (Fsp3) is 0.316. The van der Waals surface area contributed by atoms with Crippen molar-refractivity contribution in [1.82, 2.24) is 0 Å². The maximum atomic E-state index is 12.2. The van der Waals surface area contributed by atoms with E-state index in [0.29, 0.717) is 17.4 Å². The highest BCUT2D eigenvalue weighted by Gasteiger charge is 2.18. The van der Waals surface area contributed by atoms with Gasteiger partial charge in [0.05, 0.1) is 11.7 Å². The molecule has 2 aromatic carbocycles. The Kier molecular flexibility index (Phi) is 6.10. The molecule has 1 aliphatic heterocycles. The molecule has 0 bridgehead atoms. The second-order valence-electron chi connectivity index (χ2n) is 5.60. The predicted molar refractivity (Wildman–Crippen MR) is 104 cm³/mol. The monoisotopic (exact) mass is 359 g/mol. The van der Waals surface area contributed by atoms with E-state index in [1.807, 2.05) is 59.9 Å². The van der Waals surface area contributed by atoms with Crippen molar-refractivity contribution < 1.29 is 9.53 Å². The Morgan fingerprint density at radius 1 is 1.17 bits per heavy atom. The summed E-state index contributed by atoms with van der Waals surface area (Å²) in [5.74, 6) is 3.27. The van der Waals surface area contributed by atoms with Crippen LogP contribution in [0.15, 0.2) is 48.5 Å². The number of thioether (sulfide) groups is 2. The molecule has 126 valence electrons. The van der Waals surface area contributed by atoms with Crippen LogP contribution >= 0.6 is 23.5 Å². The number of nitrogens with one attached hydrogen (secondary N) is 1. The highest BCUT2D eigenvalue weighted by atomic mass is 32.2. The molecule has 0 aromatic heterocycles. The van der Waals surface area contributed by atoms with Gasteiger partial charge in [-0.15, -0.1) is 23.5 Å². The van der Waals surface area contributed by atoms with Crippen molar-refractivity contribution in [1.29, 1.82) is 0 Å². The van der Waals surface area contributed by atoms with Crippen LogP contribution < -0.4 is 10.1 Å². The lowest BCUT2D eigenvalue weighted by atomic mass is 10.1. The molecule has 5 heteroatoms. The third kappa shape index (κ3) is 4.71. The summed E-state index contributed by atoms with van der Waals surface area (Å²) < 4.78 is 5.71. The number of hydrogen-bond acceptors (Lipinski definition) is 4. The van der Waals surface area contributed by atoms with Gasteiger partial charge in [-0.2, -0.15) is 0 Å². The van der Waals surface area contributed by atoms with Crippen LogP contribution in [0, 0.1) is 0 Å². The number of ether oxygens (including phenoxy) is 1. The summed E-state index contributed by atoms with van der Waals surface area (Å²) in [4.78, 5) is 12.2. The van der Waals surface area contributed by atoms with Crippen LogP contribution in [0.25, 0.3) is 0 Å². The number of carbonyl (C=O) groups excluding carboxylic acids is 1. The Bertz CT molecular complexity index is 699. The number of benzene rings is 2. The van der Waals surface area contributed by atoms with Gasteiger partial charge in [0.15, 0.2) is 0 Å². The first-order chi connectivity index (χ1) is 11.7. The van der Waals surface area contributed by atoms with E-state index in [4.69, 9.17) is 4.74 Å². The van der Waals surface area contributed by atoms with E-state index >= 15 is 0 Å². The largest absolute Gasteiger partial charge is 0.497 e. The summed E-state index contributed by atoms with van der Waals surface area (Å²) in [6.07, 6.45) is 1.17. The minimum Gasteiger partial charge on any atom is -0.497 e. The molecular weight excluding hydrogens is 338 g/mol. The minimum absolute atomic E-state index is 0.0432. The quantitative estimate of drug-likeness (QED) is 0.808. The first-order valence-corrected chi connectivity index (χ1v) is 10.1. The minimum atomic E-state index is 0.0432. The summed E-state index contributed by atoms with van der Waals surface area (Å²) in [7, 11) is 1.65. The van der Waals surface area contributed by atoms with Gasteiger partial charge in [-0.3, -0.25) is 4.79 Å². The summed E-state index contributed by atoms with van der Waals surface area (Å²) >= 11 is 3.94. The number of methoxy groups -OCH3 is 1. The van der Waals surface area contributed by atoms with Gasteiger partial charge < -0.3 is 10.1 Å². The average molecular weight is 360 g/mol.